The van der Waals surface area contributed by atoms with Gasteiger partial charge in [0.05, 0.1) is 12.3 Å². The first kappa shape index (κ1) is 14.9. The lowest BCUT2D eigenvalue weighted by Gasteiger charge is -2.12. The molecule has 0 aliphatic carbocycles. The van der Waals surface area contributed by atoms with E-state index >= 15 is 0 Å². The number of hydrogen-bond donors (Lipinski definition) is 1. The molecule has 0 aliphatic rings. The normalized spacial score (nSPS) is 12.0. The van der Waals surface area contributed by atoms with Crippen molar-refractivity contribution in [2.24, 2.45) is 0 Å². The molecule has 0 radical (unpaired) electrons. The van der Waals surface area contributed by atoms with Crippen LogP contribution in [0.3, 0.4) is 0 Å². The van der Waals surface area contributed by atoms with E-state index in [9.17, 15) is 9.59 Å². The number of rotatable bonds is 5. The molecule has 1 N–H and O–H groups in total. The van der Waals surface area contributed by atoms with Crippen molar-refractivity contribution in [3.63, 3.8) is 0 Å². The molecule has 0 saturated carbocycles. The summed E-state index contributed by atoms with van der Waals surface area (Å²) in [6, 6.07) is 11.4. The summed E-state index contributed by atoms with van der Waals surface area (Å²) in [5.41, 5.74) is -0.0148. The number of ether oxygens (including phenoxy) is 1. The zero-order valence-electron chi connectivity index (χ0n) is 12.4. The van der Waals surface area contributed by atoms with Crippen LogP contribution in [0.15, 0.2) is 62.4 Å². The lowest BCUT2D eigenvalue weighted by Crippen LogP contribution is -2.31. The van der Waals surface area contributed by atoms with Gasteiger partial charge in [-0.25, -0.2) is 4.79 Å². The molecule has 6 nitrogen and oxygen atoms in total. The van der Waals surface area contributed by atoms with E-state index in [0.717, 1.165) is 5.39 Å². The Bertz CT molecular complexity index is 866. The van der Waals surface area contributed by atoms with Gasteiger partial charge in [0.15, 0.2) is 6.61 Å². The van der Waals surface area contributed by atoms with Gasteiger partial charge in [-0.2, -0.15) is 0 Å². The van der Waals surface area contributed by atoms with Crippen LogP contribution in [0.4, 0.5) is 0 Å². The fourth-order valence-electron chi connectivity index (χ4n) is 2.17. The maximum atomic E-state index is 11.9. The van der Waals surface area contributed by atoms with E-state index in [4.69, 9.17) is 13.6 Å². The number of amides is 1. The highest BCUT2D eigenvalue weighted by atomic mass is 16.5. The predicted octanol–water partition coefficient (Wildman–Crippen LogP) is 2.64. The van der Waals surface area contributed by atoms with Gasteiger partial charge in [-0.15, -0.1) is 0 Å². The van der Waals surface area contributed by atoms with E-state index in [2.05, 4.69) is 5.32 Å². The highest BCUT2D eigenvalue weighted by Gasteiger charge is 2.12. The van der Waals surface area contributed by atoms with Crippen molar-refractivity contribution < 1.29 is 18.4 Å². The molecule has 1 atom stereocenters. The fourth-order valence-corrected chi connectivity index (χ4v) is 2.17. The van der Waals surface area contributed by atoms with E-state index in [-0.39, 0.29) is 18.6 Å². The highest BCUT2D eigenvalue weighted by molar-refractivity contribution is 5.79. The first-order chi connectivity index (χ1) is 11.1. The number of benzene rings is 1. The number of fused-ring (bicyclic) bond motifs is 1. The van der Waals surface area contributed by atoms with Crippen LogP contribution in [0.1, 0.15) is 18.7 Å². The van der Waals surface area contributed by atoms with Gasteiger partial charge in [-0.3, -0.25) is 4.79 Å². The Hall–Kier alpha value is -3.02. The predicted molar refractivity (Wildman–Crippen MR) is 83.2 cm³/mol. The summed E-state index contributed by atoms with van der Waals surface area (Å²) < 4.78 is 15.7. The van der Waals surface area contributed by atoms with Gasteiger partial charge >= 0.3 is 5.63 Å². The summed E-state index contributed by atoms with van der Waals surface area (Å²) >= 11 is 0. The van der Waals surface area contributed by atoms with E-state index in [0.29, 0.717) is 17.1 Å². The van der Waals surface area contributed by atoms with Crippen molar-refractivity contribution in [3.8, 4) is 5.75 Å². The molecule has 0 bridgehead atoms. The van der Waals surface area contributed by atoms with Crippen LogP contribution in [0.5, 0.6) is 5.75 Å². The molecule has 2 heterocycles. The molecular weight excluding hydrogens is 298 g/mol. The maximum Gasteiger partial charge on any atom is 0.336 e. The van der Waals surface area contributed by atoms with Crippen molar-refractivity contribution >= 4 is 16.9 Å². The first-order valence-corrected chi connectivity index (χ1v) is 7.11. The van der Waals surface area contributed by atoms with Crippen molar-refractivity contribution in [2.75, 3.05) is 6.61 Å². The molecular formula is C17H15NO5. The van der Waals surface area contributed by atoms with Gasteiger partial charge < -0.3 is 18.9 Å². The Morgan fingerprint density at radius 3 is 2.87 bits per heavy atom. The van der Waals surface area contributed by atoms with Gasteiger partial charge in [0.1, 0.15) is 17.1 Å². The van der Waals surface area contributed by atoms with Crippen molar-refractivity contribution in [1.82, 2.24) is 5.32 Å². The zero-order chi connectivity index (χ0) is 16.2. The molecule has 0 unspecified atom stereocenters. The second-order valence-electron chi connectivity index (χ2n) is 5.05. The summed E-state index contributed by atoms with van der Waals surface area (Å²) in [6.45, 7) is 1.68. The highest BCUT2D eigenvalue weighted by Crippen LogP contribution is 2.19. The molecule has 23 heavy (non-hydrogen) atoms. The largest absolute Gasteiger partial charge is 0.484 e. The number of carbonyl (C=O) groups excluding carboxylic acids is 1. The molecule has 0 spiro atoms. The van der Waals surface area contributed by atoms with Crippen LogP contribution < -0.4 is 15.7 Å². The van der Waals surface area contributed by atoms with Gasteiger partial charge in [0.25, 0.3) is 5.91 Å². The molecule has 6 heteroatoms. The second kappa shape index (κ2) is 6.39. The van der Waals surface area contributed by atoms with Crippen LogP contribution in [0.2, 0.25) is 0 Å². The fraction of sp³-hybridized carbons (Fsp3) is 0.176. The van der Waals surface area contributed by atoms with Gasteiger partial charge in [-0.1, -0.05) is 0 Å². The lowest BCUT2D eigenvalue weighted by atomic mass is 10.2. The summed E-state index contributed by atoms with van der Waals surface area (Å²) in [5, 5.41) is 3.55. The van der Waals surface area contributed by atoms with E-state index in [1.165, 1.54) is 6.07 Å². The first-order valence-electron chi connectivity index (χ1n) is 7.11. The van der Waals surface area contributed by atoms with Crippen molar-refractivity contribution in [1.29, 1.82) is 0 Å². The maximum absolute atomic E-state index is 11.9. The number of hydrogen-bond acceptors (Lipinski definition) is 5. The average Bonchev–Trinajstić information content (AvgIpc) is 3.07. The third kappa shape index (κ3) is 3.60. The van der Waals surface area contributed by atoms with Crippen LogP contribution in [0.25, 0.3) is 11.0 Å². The number of furan rings is 1. The van der Waals surface area contributed by atoms with Crippen LogP contribution >= 0.6 is 0 Å². The Morgan fingerprint density at radius 1 is 1.26 bits per heavy atom. The van der Waals surface area contributed by atoms with Gasteiger partial charge in [0, 0.05) is 17.5 Å². The topological polar surface area (TPSA) is 81.7 Å². The number of nitrogens with one attached hydrogen (secondary N) is 1. The summed E-state index contributed by atoms with van der Waals surface area (Å²) in [5.74, 6) is 0.849. The quantitative estimate of drug-likeness (QED) is 0.732. The van der Waals surface area contributed by atoms with E-state index in [1.54, 1.807) is 42.7 Å². The monoisotopic (exact) mass is 313 g/mol. The van der Waals surface area contributed by atoms with Crippen LogP contribution in [-0.2, 0) is 4.79 Å². The minimum Gasteiger partial charge on any atom is -0.484 e. The smallest absolute Gasteiger partial charge is 0.336 e. The van der Waals surface area contributed by atoms with Crippen LogP contribution in [-0.4, -0.2) is 12.5 Å². The molecule has 2 aromatic heterocycles. The molecule has 1 amide bonds. The molecule has 0 fully saturated rings. The Balaban J connectivity index is 1.61. The second-order valence-corrected chi connectivity index (χ2v) is 5.05. The van der Waals surface area contributed by atoms with Crippen molar-refractivity contribution in [2.45, 2.75) is 13.0 Å². The Morgan fingerprint density at radius 2 is 2.09 bits per heavy atom. The van der Waals surface area contributed by atoms with E-state index < -0.39 is 5.63 Å². The molecule has 0 aliphatic heterocycles. The third-order valence-electron chi connectivity index (χ3n) is 3.31. The lowest BCUT2D eigenvalue weighted by molar-refractivity contribution is -0.123. The van der Waals surface area contributed by atoms with Gasteiger partial charge in [-0.05, 0) is 37.3 Å². The zero-order valence-corrected chi connectivity index (χ0v) is 12.4. The molecule has 1 aromatic carbocycles. The third-order valence-corrected chi connectivity index (χ3v) is 3.31. The SMILES string of the molecule is C[C@H](NC(=O)COc1ccc2ccc(=O)oc2c1)c1ccco1. The average molecular weight is 313 g/mol. The molecule has 118 valence electrons. The molecule has 0 saturated heterocycles. The minimum absolute atomic E-state index is 0.145. The standard InChI is InChI=1S/C17H15NO5/c1-11(14-3-2-8-21-14)18-16(19)10-22-13-6-4-12-5-7-17(20)23-15(12)9-13/h2-9,11H,10H2,1H3,(H,18,19)/t11-/m0/s1. The van der Waals surface area contributed by atoms with Crippen LogP contribution in [0, 0.1) is 0 Å². The molecule has 3 rings (SSSR count). The molecule has 3 aromatic rings. The summed E-state index contributed by atoms with van der Waals surface area (Å²) in [7, 11) is 0. The summed E-state index contributed by atoms with van der Waals surface area (Å²) in [4.78, 5) is 23.1. The minimum atomic E-state index is -0.431. The summed E-state index contributed by atoms with van der Waals surface area (Å²) in [6.07, 6.45) is 1.55. The van der Waals surface area contributed by atoms with Gasteiger partial charge in [0.2, 0.25) is 0 Å². The Labute approximate surface area is 131 Å². The van der Waals surface area contributed by atoms with E-state index in [1.807, 2.05) is 6.92 Å². The number of carbonyl (C=O) groups is 1. The van der Waals surface area contributed by atoms with Crippen molar-refractivity contribution in [3.05, 3.63) is 64.9 Å². The Kier molecular flexibility index (Phi) is 4.14.